The quantitative estimate of drug-likeness (QED) is 0.732. The molecule has 0 amide bonds. The third kappa shape index (κ3) is 2.73. The highest BCUT2D eigenvalue weighted by Gasteiger charge is 2.27. The molecule has 0 fully saturated rings. The predicted octanol–water partition coefficient (Wildman–Crippen LogP) is 2.93. The van der Waals surface area contributed by atoms with Gasteiger partial charge in [0.1, 0.15) is 12.6 Å². The van der Waals surface area contributed by atoms with Gasteiger partial charge in [-0.1, -0.05) is 48.5 Å². The second-order valence-corrected chi connectivity index (χ2v) is 5.86. The average molecular weight is 306 g/mol. The van der Waals surface area contributed by atoms with Crippen molar-refractivity contribution in [2.24, 2.45) is 0 Å². The van der Waals surface area contributed by atoms with Crippen LogP contribution in [0, 0.1) is 0 Å². The zero-order valence-corrected chi connectivity index (χ0v) is 12.7. The molecule has 0 bridgehead atoms. The number of benzene rings is 2. The van der Waals surface area contributed by atoms with Gasteiger partial charge < -0.3 is 9.72 Å². The molecule has 0 unspecified atom stereocenters. The van der Waals surface area contributed by atoms with Crippen LogP contribution in [-0.4, -0.2) is 17.0 Å². The van der Waals surface area contributed by atoms with Crippen LogP contribution >= 0.6 is 0 Å². The average Bonchev–Trinajstić information content (AvgIpc) is 2.98. The second-order valence-electron chi connectivity index (χ2n) is 5.86. The van der Waals surface area contributed by atoms with Crippen LogP contribution in [0.3, 0.4) is 0 Å². The van der Waals surface area contributed by atoms with Gasteiger partial charge in [-0.25, -0.2) is 0 Å². The smallest absolute Gasteiger partial charge is 0.323 e. The van der Waals surface area contributed by atoms with Crippen molar-refractivity contribution in [1.82, 2.24) is 10.3 Å². The molecule has 2 heterocycles. The second kappa shape index (κ2) is 5.89. The zero-order valence-electron chi connectivity index (χ0n) is 12.7. The molecule has 116 valence electrons. The minimum Gasteiger partial charge on any atom is -0.460 e. The van der Waals surface area contributed by atoms with E-state index in [1.807, 2.05) is 42.5 Å². The van der Waals surface area contributed by atoms with Crippen molar-refractivity contribution in [2.75, 3.05) is 0 Å². The lowest BCUT2D eigenvalue weighted by Crippen LogP contribution is -2.42. The summed E-state index contributed by atoms with van der Waals surface area (Å²) in [6.45, 7) is 0.980. The number of fused-ring (bicyclic) bond motifs is 3. The number of carbonyl (C=O) groups is 1. The Labute approximate surface area is 134 Å². The number of aromatic amines is 1. The van der Waals surface area contributed by atoms with Gasteiger partial charge in [0.2, 0.25) is 0 Å². The van der Waals surface area contributed by atoms with Crippen molar-refractivity contribution in [3.05, 3.63) is 71.4 Å². The maximum atomic E-state index is 12.3. The van der Waals surface area contributed by atoms with Crippen molar-refractivity contribution in [3.63, 3.8) is 0 Å². The third-order valence-corrected chi connectivity index (χ3v) is 4.34. The maximum Gasteiger partial charge on any atom is 0.323 e. The first-order valence-electron chi connectivity index (χ1n) is 7.83. The number of hydrogen-bond donors (Lipinski definition) is 2. The van der Waals surface area contributed by atoms with E-state index < -0.39 is 0 Å². The molecule has 4 nitrogen and oxygen atoms in total. The molecule has 2 aromatic carbocycles. The summed E-state index contributed by atoms with van der Waals surface area (Å²) in [5, 5.41) is 4.47. The summed E-state index contributed by atoms with van der Waals surface area (Å²) in [6, 6.07) is 17.7. The summed E-state index contributed by atoms with van der Waals surface area (Å²) in [6.07, 6.45) is 0.660. The number of nitrogens with one attached hydrogen (secondary N) is 2. The number of ether oxygens (including phenoxy) is 1. The van der Waals surface area contributed by atoms with Crippen molar-refractivity contribution < 1.29 is 9.53 Å². The fraction of sp³-hybridized carbons (Fsp3) is 0.211. The maximum absolute atomic E-state index is 12.3. The predicted molar refractivity (Wildman–Crippen MR) is 88.9 cm³/mol. The van der Waals surface area contributed by atoms with Crippen LogP contribution in [0.1, 0.15) is 16.8 Å². The lowest BCUT2D eigenvalue weighted by molar-refractivity contribution is -0.147. The molecular weight excluding hydrogens is 288 g/mol. The number of para-hydroxylation sites is 1. The molecule has 23 heavy (non-hydrogen) atoms. The first-order valence-corrected chi connectivity index (χ1v) is 7.83. The lowest BCUT2D eigenvalue weighted by atomic mass is 9.98. The highest BCUT2D eigenvalue weighted by molar-refractivity contribution is 5.86. The molecule has 0 spiro atoms. The number of hydrogen-bond acceptors (Lipinski definition) is 3. The van der Waals surface area contributed by atoms with Crippen LogP contribution in [0.4, 0.5) is 0 Å². The largest absolute Gasteiger partial charge is 0.460 e. The van der Waals surface area contributed by atoms with Gasteiger partial charge in [-0.05, 0) is 17.2 Å². The van der Waals surface area contributed by atoms with Gasteiger partial charge in [0.15, 0.2) is 0 Å². The van der Waals surface area contributed by atoms with E-state index in [2.05, 4.69) is 22.4 Å². The van der Waals surface area contributed by atoms with Crippen LogP contribution in [-0.2, 0) is 29.1 Å². The lowest BCUT2D eigenvalue weighted by Gasteiger charge is -2.22. The Hall–Kier alpha value is -2.59. The van der Waals surface area contributed by atoms with Gasteiger partial charge in [0, 0.05) is 29.6 Å². The van der Waals surface area contributed by atoms with E-state index in [0.717, 1.165) is 11.1 Å². The number of H-pyrrole nitrogens is 1. The van der Waals surface area contributed by atoms with E-state index in [0.29, 0.717) is 19.6 Å². The Balaban J connectivity index is 1.48. The number of carbonyl (C=O) groups excluding carboxylic acids is 1. The summed E-state index contributed by atoms with van der Waals surface area (Å²) in [4.78, 5) is 15.8. The SMILES string of the molecule is O=C(OCc1ccccc1)[C@@H]1Cc2c([nH]c3ccccc23)CN1. The Kier molecular flexibility index (Phi) is 3.60. The van der Waals surface area contributed by atoms with Gasteiger partial charge in [-0.15, -0.1) is 0 Å². The number of esters is 1. The summed E-state index contributed by atoms with van der Waals surface area (Å²) in [5.74, 6) is -0.190. The van der Waals surface area contributed by atoms with Crippen LogP contribution in [0.15, 0.2) is 54.6 Å². The monoisotopic (exact) mass is 306 g/mol. The topological polar surface area (TPSA) is 54.1 Å². The van der Waals surface area contributed by atoms with Gasteiger partial charge in [-0.3, -0.25) is 10.1 Å². The fourth-order valence-corrected chi connectivity index (χ4v) is 3.14. The van der Waals surface area contributed by atoms with Crippen LogP contribution in [0.5, 0.6) is 0 Å². The normalized spacial score (nSPS) is 17.0. The van der Waals surface area contributed by atoms with Crippen molar-refractivity contribution >= 4 is 16.9 Å². The van der Waals surface area contributed by atoms with E-state index in [9.17, 15) is 4.79 Å². The zero-order chi connectivity index (χ0) is 15.6. The van der Waals surface area contributed by atoms with Crippen LogP contribution in [0.2, 0.25) is 0 Å². The molecular formula is C19H18N2O2. The molecule has 1 aliphatic rings. The highest BCUT2D eigenvalue weighted by Crippen LogP contribution is 2.26. The molecule has 3 aromatic rings. The summed E-state index contributed by atoms with van der Waals surface area (Å²) < 4.78 is 5.46. The number of aromatic nitrogens is 1. The molecule has 2 N–H and O–H groups in total. The summed E-state index contributed by atoms with van der Waals surface area (Å²) in [5.41, 5.74) is 4.52. The van der Waals surface area contributed by atoms with E-state index in [-0.39, 0.29) is 12.0 Å². The third-order valence-electron chi connectivity index (χ3n) is 4.34. The minimum atomic E-state index is -0.287. The first-order chi connectivity index (χ1) is 11.3. The van der Waals surface area contributed by atoms with Gasteiger partial charge in [-0.2, -0.15) is 0 Å². The van der Waals surface area contributed by atoms with Gasteiger partial charge in [0.25, 0.3) is 0 Å². The molecule has 1 aromatic heterocycles. The fourth-order valence-electron chi connectivity index (χ4n) is 3.14. The van der Waals surface area contributed by atoms with Crippen molar-refractivity contribution in [2.45, 2.75) is 25.6 Å². The van der Waals surface area contributed by atoms with Gasteiger partial charge in [0.05, 0.1) is 0 Å². The molecule has 4 heteroatoms. The Morgan fingerprint density at radius 3 is 2.74 bits per heavy atom. The van der Waals surface area contributed by atoms with E-state index in [1.165, 1.54) is 16.6 Å². The standard InChI is InChI=1S/C19H18N2O2/c22-19(23-12-13-6-2-1-3-7-13)17-10-15-14-8-4-5-9-16(14)21-18(15)11-20-17/h1-9,17,20-21H,10-12H2/t17-/m0/s1. The molecule has 1 atom stereocenters. The van der Waals surface area contributed by atoms with E-state index >= 15 is 0 Å². The Morgan fingerprint density at radius 1 is 1.09 bits per heavy atom. The summed E-state index contributed by atoms with van der Waals surface area (Å²) >= 11 is 0. The molecule has 1 aliphatic heterocycles. The first kappa shape index (κ1) is 14.0. The molecule has 0 aliphatic carbocycles. The Morgan fingerprint density at radius 2 is 1.87 bits per heavy atom. The molecule has 0 radical (unpaired) electrons. The van der Waals surface area contributed by atoms with E-state index in [4.69, 9.17) is 4.74 Å². The molecule has 0 saturated carbocycles. The van der Waals surface area contributed by atoms with Crippen molar-refractivity contribution in [3.8, 4) is 0 Å². The highest BCUT2D eigenvalue weighted by atomic mass is 16.5. The Bertz CT molecular complexity index is 839. The summed E-state index contributed by atoms with van der Waals surface area (Å²) in [7, 11) is 0. The minimum absolute atomic E-state index is 0.190. The van der Waals surface area contributed by atoms with Gasteiger partial charge >= 0.3 is 5.97 Å². The molecule has 0 saturated heterocycles. The van der Waals surface area contributed by atoms with E-state index in [1.54, 1.807) is 0 Å². The van der Waals surface area contributed by atoms with Crippen LogP contribution < -0.4 is 5.32 Å². The molecule has 4 rings (SSSR count). The van der Waals surface area contributed by atoms with Crippen LogP contribution in [0.25, 0.3) is 10.9 Å². The number of rotatable bonds is 3. The van der Waals surface area contributed by atoms with Crippen molar-refractivity contribution in [1.29, 1.82) is 0 Å².